The minimum absolute atomic E-state index is 0.0225. The lowest BCUT2D eigenvalue weighted by atomic mass is 10.4. The van der Waals surface area contributed by atoms with E-state index in [9.17, 15) is 21.6 Å². The molecule has 0 atom stereocenters. The molecule has 8 heteroatoms. The Hall–Kier alpha value is -0.630. The lowest BCUT2D eigenvalue weighted by Gasteiger charge is -2.17. The zero-order chi connectivity index (χ0) is 13.5. The summed E-state index contributed by atoms with van der Waals surface area (Å²) in [5.74, 6) is -0.652. The van der Waals surface area contributed by atoms with Gasteiger partial charge in [-0.2, -0.15) is 0 Å². The summed E-state index contributed by atoms with van der Waals surface area (Å²) in [6.45, 7) is 3.57. The van der Waals surface area contributed by atoms with Gasteiger partial charge >= 0.3 is 0 Å². The third kappa shape index (κ3) is 5.03. The van der Waals surface area contributed by atoms with E-state index in [1.807, 2.05) is 0 Å². The summed E-state index contributed by atoms with van der Waals surface area (Å²) in [6.07, 6.45) is 1.75. The largest absolute Gasteiger partial charge is 0.276 e. The maximum absolute atomic E-state index is 11.6. The molecule has 0 bridgehead atoms. The molecule has 0 heterocycles. The zero-order valence-corrected chi connectivity index (χ0v) is 11.8. The van der Waals surface area contributed by atoms with Crippen molar-refractivity contribution < 1.29 is 21.6 Å². The van der Waals surface area contributed by atoms with Crippen molar-refractivity contribution in [3.8, 4) is 0 Å². The third-order valence-corrected chi connectivity index (χ3v) is 6.39. The molecule has 0 aliphatic heterocycles. The number of unbranched alkanes of at least 4 members (excludes halogenated alkanes) is 2. The van der Waals surface area contributed by atoms with E-state index in [0.717, 1.165) is 0 Å². The smallest absolute Gasteiger partial charge is 0.250 e. The first-order chi connectivity index (χ1) is 7.81. The molecular formula is C9H19NO5S2. The molecule has 0 aromatic heterocycles. The van der Waals surface area contributed by atoms with E-state index in [2.05, 4.69) is 0 Å². The molecular weight excluding hydrogens is 266 g/mol. The molecule has 0 aliphatic rings. The van der Waals surface area contributed by atoms with E-state index in [1.54, 1.807) is 13.8 Å². The first kappa shape index (κ1) is 16.4. The van der Waals surface area contributed by atoms with Crippen LogP contribution >= 0.6 is 0 Å². The van der Waals surface area contributed by atoms with Crippen molar-refractivity contribution in [2.24, 2.45) is 0 Å². The van der Waals surface area contributed by atoms with Gasteiger partial charge in [-0.1, -0.05) is 26.7 Å². The second-order valence-electron chi connectivity index (χ2n) is 3.67. The van der Waals surface area contributed by atoms with Gasteiger partial charge in [0.15, 0.2) is 0 Å². The molecule has 1 amide bonds. The fraction of sp³-hybridized carbons (Fsp3) is 0.889. The molecule has 0 aliphatic carbocycles. The van der Waals surface area contributed by atoms with Gasteiger partial charge in [-0.15, -0.1) is 3.71 Å². The van der Waals surface area contributed by atoms with Crippen LogP contribution in [0.4, 0.5) is 0 Å². The summed E-state index contributed by atoms with van der Waals surface area (Å²) in [4.78, 5) is 10.7. The zero-order valence-electron chi connectivity index (χ0n) is 10.1. The number of nitrogens with zero attached hydrogens (tertiary/aromatic N) is 1. The first-order valence-electron chi connectivity index (χ1n) is 5.52. The van der Waals surface area contributed by atoms with Crippen molar-refractivity contribution in [3.05, 3.63) is 0 Å². The third-order valence-electron chi connectivity index (χ3n) is 2.15. The number of carbonyl (C=O) groups excluding carboxylic acids is 1. The van der Waals surface area contributed by atoms with Crippen molar-refractivity contribution in [2.45, 2.75) is 39.5 Å². The molecule has 0 fully saturated rings. The molecule has 0 aromatic carbocycles. The second kappa shape index (κ2) is 6.95. The summed E-state index contributed by atoms with van der Waals surface area (Å²) >= 11 is 0. The van der Waals surface area contributed by atoms with Gasteiger partial charge in [0.1, 0.15) is 0 Å². The Labute approximate surface area is 103 Å². The molecule has 0 rings (SSSR count). The van der Waals surface area contributed by atoms with Crippen LogP contribution in [0.2, 0.25) is 0 Å². The summed E-state index contributed by atoms with van der Waals surface area (Å²) in [5, 5.41) is 0. The van der Waals surface area contributed by atoms with Gasteiger partial charge in [0.25, 0.3) is 0 Å². The topological polar surface area (TPSA) is 88.6 Å². The van der Waals surface area contributed by atoms with Crippen LogP contribution in [0.1, 0.15) is 39.5 Å². The summed E-state index contributed by atoms with van der Waals surface area (Å²) in [6, 6.07) is 0. The SMILES string of the molecule is CCCCS(=O)(=O)N(C=O)S(=O)(=O)CCCC. The molecule has 0 unspecified atom stereocenters. The monoisotopic (exact) mass is 285 g/mol. The van der Waals surface area contributed by atoms with Crippen LogP contribution in [-0.2, 0) is 24.8 Å². The van der Waals surface area contributed by atoms with Crippen LogP contribution in [0.5, 0.6) is 0 Å². The fourth-order valence-electron chi connectivity index (χ4n) is 1.14. The lowest BCUT2D eigenvalue weighted by Crippen LogP contribution is -2.38. The maximum Gasteiger partial charge on any atom is 0.250 e. The van der Waals surface area contributed by atoms with Crippen molar-refractivity contribution >= 4 is 26.5 Å². The van der Waals surface area contributed by atoms with E-state index in [4.69, 9.17) is 0 Å². The van der Waals surface area contributed by atoms with E-state index in [0.29, 0.717) is 25.7 Å². The highest BCUT2D eigenvalue weighted by atomic mass is 32.3. The van der Waals surface area contributed by atoms with Crippen molar-refractivity contribution in [1.29, 1.82) is 0 Å². The van der Waals surface area contributed by atoms with E-state index < -0.39 is 20.0 Å². The van der Waals surface area contributed by atoms with Gasteiger partial charge in [0.05, 0.1) is 11.5 Å². The van der Waals surface area contributed by atoms with Crippen molar-refractivity contribution in [1.82, 2.24) is 3.71 Å². The Balaban J connectivity index is 5.01. The summed E-state index contributed by atoms with van der Waals surface area (Å²) in [5.41, 5.74) is 0. The molecule has 0 saturated carbocycles. The number of amides is 1. The van der Waals surface area contributed by atoms with E-state index >= 15 is 0 Å². The molecule has 0 saturated heterocycles. The molecule has 6 nitrogen and oxygen atoms in total. The average Bonchev–Trinajstić information content (AvgIpc) is 2.24. The van der Waals surface area contributed by atoms with E-state index in [-0.39, 0.29) is 21.6 Å². The minimum Gasteiger partial charge on any atom is -0.276 e. The normalized spacial score (nSPS) is 12.4. The van der Waals surface area contributed by atoms with Gasteiger partial charge in [-0.05, 0) is 12.8 Å². The Morgan fingerprint density at radius 2 is 1.24 bits per heavy atom. The van der Waals surface area contributed by atoms with Gasteiger partial charge in [-0.3, -0.25) is 4.79 Å². The fourth-order valence-corrected chi connectivity index (χ4v) is 4.90. The number of rotatable bonds is 9. The highest BCUT2D eigenvalue weighted by Crippen LogP contribution is 2.11. The number of sulfonamides is 2. The number of hydrogen-bond donors (Lipinski definition) is 0. The van der Waals surface area contributed by atoms with Crippen LogP contribution in [0.3, 0.4) is 0 Å². The van der Waals surface area contributed by atoms with Gasteiger partial charge in [-0.25, -0.2) is 16.8 Å². The van der Waals surface area contributed by atoms with Crippen molar-refractivity contribution in [2.75, 3.05) is 11.5 Å². The molecule has 17 heavy (non-hydrogen) atoms. The van der Waals surface area contributed by atoms with Gasteiger partial charge < -0.3 is 0 Å². The predicted molar refractivity (Wildman–Crippen MR) is 65.3 cm³/mol. The Morgan fingerprint density at radius 3 is 1.47 bits per heavy atom. The Bertz CT molecular complexity index is 388. The average molecular weight is 285 g/mol. The predicted octanol–water partition coefficient (Wildman–Crippen LogP) is 0.705. The van der Waals surface area contributed by atoms with Crippen molar-refractivity contribution in [3.63, 3.8) is 0 Å². The standard InChI is InChI=1S/C9H19NO5S2/c1-3-5-7-16(12,13)10(9-11)17(14,15)8-6-4-2/h9H,3-8H2,1-2H3. The van der Waals surface area contributed by atoms with Gasteiger partial charge in [0.2, 0.25) is 26.5 Å². The molecule has 0 N–H and O–H groups in total. The lowest BCUT2D eigenvalue weighted by molar-refractivity contribution is -0.111. The summed E-state index contributed by atoms with van der Waals surface area (Å²) in [7, 11) is -8.09. The number of carbonyl (C=O) groups is 1. The quantitative estimate of drug-likeness (QED) is 0.582. The Morgan fingerprint density at radius 1 is 0.882 bits per heavy atom. The highest BCUT2D eigenvalue weighted by Gasteiger charge is 2.31. The molecule has 102 valence electrons. The highest BCUT2D eigenvalue weighted by molar-refractivity contribution is 8.04. The molecule has 0 spiro atoms. The van der Waals surface area contributed by atoms with Crippen LogP contribution in [0.15, 0.2) is 0 Å². The van der Waals surface area contributed by atoms with E-state index in [1.165, 1.54) is 0 Å². The van der Waals surface area contributed by atoms with Crippen LogP contribution in [0.25, 0.3) is 0 Å². The molecule has 0 aromatic rings. The van der Waals surface area contributed by atoms with Crippen LogP contribution < -0.4 is 0 Å². The first-order valence-corrected chi connectivity index (χ1v) is 8.74. The summed E-state index contributed by atoms with van der Waals surface area (Å²) < 4.78 is 46.6. The van der Waals surface area contributed by atoms with Crippen LogP contribution in [-0.4, -0.2) is 38.5 Å². The second-order valence-corrected chi connectivity index (χ2v) is 7.83. The molecule has 0 radical (unpaired) electrons. The number of hydrogen-bond acceptors (Lipinski definition) is 5. The Kier molecular flexibility index (Phi) is 6.69. The maximum atomic E-state index is 11.6. The minimum atomic E-state index is -4.05. The van der Waals surface area contributed by atoms with Gasteiger partial charge in [0, 0.05) is 0 Å². The van der Waals surface area contributed by atoms with Crippen LogP contribution in [0, 0.1) is 0 Å².